The molecule has 5 heteroatoms. The molecule has 3 aromatic rings. The third kappa shape index (κ3) is 3.18. The maximum atomic E-state index is 13.0. The lowest BCUT2D eigenvalue weighted by Crippen LogP contribution is -2.30. The fourth-order valence-corrected chi connectivity index (χ4v) is 3.70. The fourth-order valence-electron chi connectivity index (χ4n) is 3.70. The number of carbonyl (C=O) groups is 1. The van der Waals surface area contributed by atoms with Gasteiger partial charge in [-0.15, -0.1) is 0 Å². The number of fused-ring (bicyclic) bond motifs is 1. The zero-order chi connectivity index (χ0) is 17.9. The number of methoxy groups -OCH3 is 1. The van der Waals surface area contributed by atoms with Crippen LogP contribution in [0.3, 0.4) is 0 Å². The summed E-state index contributed by atoms with van der Waals surface area (Å²) in [5, 5.41) is 1.04. The molecule has 1 aliphatic heterocycles. The molecule has 1 saturated heterocycles. The van der Waals surface area contributed by atoms with E-state index in [9.17, 15) is 4.79 Å². The van der Waals surface area contributed by atoms with Crippen LogP contribution in [0.15, 0.2) is 60.8 Å². The highest BCUT2D eigenvalue weighted by Crippen LogP contribution is 2.32. The van der Waals surface area contributed by atoms with Crippen LogP contribution in [0.25, 0.3) is 10.9 Å². The second kappa shape index (κ2) is 7.22. The molecule has 2 aromatic heterocycles. The van der Waals surface area contributed by atoms with Gasteiger partial charge in [-0.3, -0.25) is 9.78 Å². The van der Waals surface area contributed by atoms with E-state index in [1.54, 1.807) is 13.3 Å². The Morgan fingerprint density at radius 3 is 2.77 bits per heavy atom. The van der Waals surface area contributed by atoms with Crippen molar-refractivity contribution < 1.29 is 9.53 Å². The molecule has 0 spiro atoms. The summed E-state index contributed by atoms with van der Waals surface area (Å²) in [6.07, 6.45) is 1.80. The Bertz CT molecular complexity index is 913. The maximum Gasteiger partial charge on any atom is 0.272 e. The van der Waals surface area contributed by atoms with Gasteiger partial charge in [0, 0.05) is 49.3 Å². The van der Waals surface area contributed by atoms with E-state index >= 15 is 0 Å². The molecule has 132 valence electrons. The van der Waals surface area contributed by atoms with E-state index in [-0.39, 0.29) is 17.7 Å². The SMILES string of the molecule is COC[C@@H]1CN(C(=O)c2ccc3ccccc3n2)C[C@H]1c1ccccn1. The second-order valence-electron chi connectivity index (χ2n) is 6.68. The van der Waals surface area contributed by atoms with Crippen LogP contribution >= 0.6 is 0 Å². The van der Waals surface area contributed by atoms with Gasteiger partial charge in [0.1, 0.15) is 5.69 Å². The number of carbonyl (C=O) groups excluding carboxylic acids is 1. The molecule has 0 aliphatic carbocycles. The van der Waals surface area contributed by atoms with Crippen LogP contribution in [0.4, 0.5) is 0 Å². The summed E-state index contributed by atoms with van der Waals surface area (Å²) in [7, 11) is 1.70. The number of nitrogens with zero attached hydrogens (tertiary/aromatic N) is 3. The fraction of sp³-hybridized carbons (Fsp3) is 0.286. The highest BCUT2D eigenvalue weighted by atomic mass is 16.5. The number of ether oxygens (including phenoxy) is 1. The Kier molecular flexibility index (Phi) is 4.63. The number of rotatable bonds is 4. The van der Waals surface area contributed by atoms with Crippen molar-refractivity contribution in [2.24, 2.45) is 5.92 Å². The zero-order valence-electron chi connectivity index (χ0n) is 14.7. The third-order valence-corrected chi connectivity index (χ3v) is 4.99. The van der Waals surface area contributed by atoms with Gasteiger partial charge in [0.05, 0.1) is 12.1 Å². The molecule has 1 amide bonds. The van der Waals surface area contributed by atoms with Crippen molar-refractivity contribution >= 4 is 16.8 Å². The van der Waals surface area contributed by atoms with Gasteiger partial charge in [0.25, 0.3) is 5.91 Å². The van der Waals surface area contributed by atoms with Crippen LogP contribution in [0, 0.1) is 5.92 Å². The summed E-state index contributed by atoms with van der Waals surface area (Å²) < 4.78 is 5.39. The minimum atomic E-state index is -0.0321. The lowest BCUT2D eigenvalue weighted by Gasteiger charge is -2.16. The minimum absolute atomic E-state index is 0.0321. The first-order valence-corrected chi connectivity index (χ1v) is 8.81. The van der Waals surface area contributed by atoms with E-state index in [4.69, 9.17) is 4.74 Å². The van der Waals surface area contributed by atoms with Crippen molar-refractivity contribution in [1.29, 1.82) is 0 Å². The Morgan fingerprint density at radius 2 is 1.96 bits per heavy atom. The first kappa shape index (κ1) is 16.7. The van der Waals surface area contributed by atoms with Crippen molar-refractivity contribution in [3.63, 3.8) is 0 Å². The number of hydrogen-bond donors (Lipinski definition) is 0. The van der Waals surface area contributed by atoms with Crippen LogP contribution in [0.1, 0.15) is 22.1 Å². The molecule has 1 fully saturated rings. The van der Waals surface area contributed by atoms with Crippen molar-refractivity contribution in [2.75, 3.05) is 26.8 Å². The van der Waals surface area contributed by atoms with Crippen molar-refractivity contribution in [2.45, 2.75) is 5.92 Å². The predicted molar refractivity (Wildman–Crippen MR) is 100.0 cm³/mol. The maximum absolute atomic E-state index is 13.0. The monoisotopic (exact) mass is 347 g/mol. The Labute approximate surface area is 152 Å². The average Bonchev–Trinajstić information content (AvgIpc) is 3.12. The number of pyridine rings is 2. The molecule has 26 heavy (non-hydrogen) atoms. The van der Waals surface area contributed by atoms with Crippen LogP contribution in [0.2, 0.25) is 0 Å². The highest BCUT2D eigenvalue weighted by molar-refractivity contribution is 5.95. The standard InChI is InChI=1S/C21H21N3O2/c1-26-14-16-12-24(13-17(16)19-8-4-5-11-22-19)21(25)20-10-9-15-6-2-3-7-18(15)23-20/h2-11,16-17H,12-14H2,1H3/t16-,17+/m0/s1. The zero-order valence-corrected chi connectivity index (χ0v) is 14.7. The van der Waals surface area contributed by atoms with Gasteiger partial charge in [-0.05, 0) is 24.3 Å². The van der Waals surface area contributed by atoms with Gasteiger partial charge in [0.2, 0.25) is 0 Å². The summed E-state index contributed by atoms with van der Waals surface area (Å²) in [5.74, 6) is 0.384. The number of benzene rings is 1. The number of hydrogen-bond acceptors (Lipinski definition) is 4. The van der Waals surface area contributed by atoms with E-state index in [2.05, 4.69) is 9.97 Å². The molecule has 1 aliphatic rings. The topological polar surface area (TPSA) is 55.3 Å². The summed E-state index contributed by atoms with van der Waals surface area (Å²) in [6.45, 7) is 1.90. The van der Waals surface area contributed by atoms with E-state index < -0.39 is 0 Å². The lowest BCUT2D eigenvalue weighted by atomic mass is 9.93. The number of amides is 1. The largest absolute Gasteiger partial charge is 0.384 e. The summed E-state index contributed by atoms with van der Waals surface area (Å²) in [5.41, 5.74) is 2.34. The molecule has 3 heterocycles. The van der Waals surface area contributed by atoms with Crippen molar-refractivity contribution in [1.82, 2.24) is 14.9 Å². The summed E-state index contributed by atoms with van der Waals surface area (Å²) in [4.78, 5) is 23.9. The first-order chi connectivity index (χ1) is 12.8. The molecule has 0 saturated carbocycles. The number of aromatic nitrogens is 2. The predicted octanol–water partition coefficient (Wildman–Crippen LogP) is 3.13. The quantitative estimate of drug-likeness (QED) is 0.728. The minimum Gasteiger partial charge on any atom is -0.384 e. The van der Waals surface area contributed by atoms with E-state index in [0.717, 1.165) is 16.6 Å². The van der Waals surface area contributed by atoms with Crippen LogP contribution < -0.4 is 0 Å². The van der Waals surface area contributed by atoms with E-state index in [1.807, 2.05) is 59.5 Å². The molecule has 0 N–H and O–H groups in total. The van der Waals surface area contributed by atoms with E-state index in [1.165, 1.54) is 0 Å². The van der Waals surface area contributed by atoms with Crippen LogP contribution in [-0.2, 0) is 4.74 Å². The van der Waals surface area contributed by atoms with Gasteiger partial charge in [-0.25, -0.2) is 4.98 Å². The molecule has 0 unspecified atom stereocenters. The molecule has 0 radical (unpaired) electrons. The molecule has 2 atom stereocenters. The molecule has 1 aromatic carbocycles. The van der Waals surface area contributed by atoms with Crippen LogP contribution in [0.5, 0.6) is 0 Å². The van der Waals surface area contributed by atoms with Gasteiger partial charge in [0.15, 0.2) is 0 Å². The normalized spacial score (nSPS) is 19.8. The molecule has 5 nitrogen and oxygen atoms in total. The van der Waals surface area contributed by atoms with E-state index in [0.29, 0.717) is 25.4 Å². The van der Waals surface area contributed by atoms with Gasteiger partial charge in [-0.1, -0.05) is 30.3 Å². The lowest BCUT2D eigenvalue weighted by molar-refractivity contribution is 0.0770. The smallest absolute Gasteiger partial charge is 0.272 e. The van der Waals surface area contributed by atoms with Gasteiger partial charge in [-0.2, -0.15) is 0 Å². The van der Waals surface area contributed by atoms with Crippen molar-refractivity contribution in [3.8, 4) is 0 Å². The van der Waals surface area contributed by atoms with Crippen molar-refractivity contribution in [3.05, 3.63) is 72.2 Å². The van der Waals surface area contributed by atoms with Gasteiger partial charge >= 0.3 is 0 Å². The average molecular weight is 347 g/mol. The molecule has 0 bridgehead atoms. The second-order valence-corrected chi connectivity index (χ2v) is 6.68. The van der Waals surface area contributed by atoms with Gasteiger partial charge < -0.3 is 9.64 Å². The Hall–Kier alpha value is -2.79. The number of para-hydroxylation sites is 1. The highest BCUT2D eigenvalue weighted by Gasteiger charge is 2.37. The molecular formula is C21H21N3O2. The third-order valence-electron chi connectivity index (χ3n) is 4.99. The first-order valence-electron chi connectivity index (χ1n) is 8.81. The Balaban J connectivity index is 1.59. The molecule has 4 rings (SSSR count). The number of likely N-dealkylation sites (tertiary alicyclic amines) is 1. The van der Waals surface area contributed by atoms with Crippen LogP contribution in [-0.4, -0.2) is 47.6 Å². The summed E-state index contributed by atoms with van der Waals surface area (Å²) in [6, 6.07) is 17.5. The Morgan fingerprint density at radius 1 is 1.12 bits per heavy atom. The summed E-state index contributed by atoms with van der Waals surface area (Å²) >= 11 is 0. The molecular weight excluding hydrogens is 326 g/mol.